The number of nitriles is 1. The molecule has 5 heteroatoms. The molecule has 1 rings (SSSR count). The summed E-state index contributed by atoms with van der Waals surface area (Å²) in [6.07, 6.45) is 3.35. The molecule has 0 aromatic heterocycles. The highest BCUT2D eigenvalue weighted by molar-refractivity contribution is 9.11. The molecular weight excluding hydrogens is 260 g/mol. The fraction of sp³-hybridized carbons (Fsp3) is 0.400. The van der Waals surface area contributed by atoms with Crippen LogP contribution >= 0.6 is 15.9 Å². The average molecular weight is 271 g/mol. The van der Waals surface area contributed by atoms with Crippen molar-refractivity contribution >= 4 is 21.9 Å². The Balaban J connectivity index is 2.96. The first-order valence-electron chi connectivity index (χ1n) is 4.47. The molecule has 0 aliphatic carbocycles. The number of hydrogen-bond acceptors (Lipinski definition) is 4. The van der Waals surface area contributed by atoms with Crippen LogP contribution < -0.4 is 0 Å². The van der Waals surface area contributed by atoms with Gasteiger partial charge in [-0.2, -0.15) is 5.26 Å². The molecule has 15 heavy (non-hydrogen) atoms. The summed E-state index contributed by atoms with van der Waals surface area (Å²) in [5.41, 5.74) is 0.358. The van der Waals surface area contributed by atoms with Gasteiger partial charge in [-0.15, -0.1) is 0 Å². The average Bonchev–Trinajstić information content (AvgIpc) is 2.17. The molecule has 1 aliphatic heterocycles. The van der Waals surface area contributed by atoms with Gasteiger partial charge in [0.05, 0.1) is 18.2 Å². The zero-order chi connectivity index (χ0) is 11.4. The van der Waals surface area contributed by atoms with Crippen LogP contribution in [0.3, 0.4) is 0 Å². The summed E-state index contributed by atoms with van der Waals surface area (Å²) < 4.78 is 5.54. The summed E-state index contributed by atoms with van der Waals surface area (Å²) in [4.78, 5) is 13.3. The number of carbonyl (C=O) groups is 1. The number of nitrogens with zero attached hydrogens (tertiary/aromatic N) is 2. The van der Waals surface area contributed by atoms with Gasteiger partial charge >= 0.3 is 5.97 Å². The predicted octanol–water partition coefficient (Wildman–Crippen LogP) is 1.75. The Hall–Kier alpha value is -1.28. The van der Waals surface area contributed by atoms with E-state index in [-0.39, 0.29) is 0 Å². The lowest BCUT2D eigenvalue weighted by Gasteiger charge is -2.21. The highest BCUT2D eigenvalue weighted by Gasteiger charge is 2.27. The van der Waals surface area contributed by atoms with Gasteiger partial charge in [0.1, 0.15) is 5.92 Å². The SMILES string of the molecule is CCOC(=O)C1=CN(C)C=C(Br)[C@H]1C#N. The van der Waals surface area contributed by atoms with Crippen molar-refractivity contribution in [3.8, 4) is 6.07 Å². The lowest BCUT2D eigenvalue weighted by Crippen LogP contribution is -2.22. The van der Waals surface area contributed by atoms with Crippen molar-refractivity contribution in [1.82, 2.24) is 4.90 Å². The number of carbonyl (C=O) groups excluding carboxylic acids is 1. The van der Waals surface area contributed by atoms with Gasteiger partial charge < -0.3 is 9.64 Å². The van der Waals surface area contributed by atoms with Crippen LogP contribution in [-0.4, -0.2) is 24.5 Å². The molecule has 0 fully saturated rings. The molecule has 80 valence electrons. The van der Waals surface area contributed by atoms with Crippen molar-refractivity contribution in [1.29, 1.82) is 5.26 Å². The van der Waals surface area contributed by atoms with E-state index in [1.807, 2.05) is 0 Å². The quantitative estimate of drug-likeness (QED) is 0.718. The number of ether oxygens (including phenoxy) is 1. The topological polar surface area (TPSA) is 53.3 Å². The fourth-order valence-corrected chi connectivity index (χ4v) is 1.94. The number of esters is 1. The zero-order valence-corrected chi connectivity index (χ0v) is 10.1. The van der Waals surface area contributed by atoms with Crippen LogP contribution in [0.1, 0.15) is 6.92 Å². The minimum absolute atomic E-state index is 0.305. The van der Waals surface area contributed by atoms with Gasteiger partial charge in [-0.25, -0.2) is 4.79 Å². The molecule has 0 amide bonds. The van der Waals surface area contributed by atoms with E-state index in [0.29, 0.717) is 16.7 Å². The van der Waals surface area contributed by atoms with Gasteiger partial charge in [0.15, 0.2) is 0 Å². The number of hydrogen-bond donors (Lipinski definition) is 0. The first-order chi connectivity index (χ1) is 7.10. The maximum Gasteiger partial charge on any atom is 0.337 e. The van der Waals surface area contributed by atoms with Crippen molar-refractivity contribution in [3.05, 3.63) is 22.5 Å². The third-order valence-electron chi connectivity index (χ3n) is 1.90. The van der Waals surface area contributed by atoms with Crippen LogP contribution in [-0.2, 0) is 9.53 Å². The molecule has 0 aromatic carbocycles. The molecule has 0 radical (unpaired) electrons. The van der Waals surface area contributed by atoms with Gasteiger partial charge in [-0.1, -0.05) is 15.9 Å². The molecule has 0 N–H and O–H groups in total. The normalized spacial score (nSPS) is 20.1. The molecule has 0 aromatic rings. The zero-order valence-electron chi connectivity index (χ0n) is 8.53. The van der Waals surface area contributed by atoms with Gasteiger partial charge in [0.25, 0.3) is 0 Å². The van der Waals surface area contributed by atoms with E-state index in [1.54, 1.807) is 31.3 Å². The van der Waals surface area contributed by atoms with Crippen molar-refractivity contribution in [2.45, 2.75) is 6.92 Å². The number of allylic oxidation sites excluding steroid dienone is 1. The van der Waals surface area contributed by atoms with Crippen LogP contribution in [0.2, 0.25) is 0 Å². The summed E-state index contributed by atoms with van der Waals surface area (Å²) in [6, 6.07) is 2.05. The predicted molar refractivity (Wildman–Crippen MR) is 58.6 cm³/mol. The van der Waals surface area contributed by atoms with E-state index in [4.69, 9.17) is 10.00 Å². The van der Waals surface area contributed by atoms with Crippen molar-refractivity contribution in [3.63, 3.8) is 0 Å². The van der Waals surface area contributed by atoms with E-state index < -0.39 is 11.9 Å². The Labute approximate surface area is 96.9 Å². The van der Waals surface area contributed by atoms with Gasteiger partial charge in [-0.3, -0.25) is 0 Å². The van der Waals surface area contributed by atoms with Crippen LogP contribution in [0, 0.1) is 17.2 Å². The summed E-state index contributed by atoms with van der Waals surface area (Å²) in [5.74, 6) is -1.01. The molecule has 1 heterocycles. The molecule has 1 atom stereocenters. The van der Waals surface area contributed by atoms with Crippen molar-refractivity contribution in [2.24, 2.45) is 5.92 Å². The lowest BCUT2D eigenvalue weighted by molar-refractivity contribution is -0.138. The summed E-state index contributed by atoms with van der Waals surface area (Å²) in [6.45, 7) is 2.04. The molecule has 0 spiro atoms. The summed E-state index contributed by atoms with van der Waals surface area (Å²) >= 11 is 3.26. The summed E-state index contributed by atoms with van der Waals surface area (Å²) in [7, 11) is 1.79. The van der Waals surface area contributed by atoms with E-state index in [2.05, 4.69) is 22.0 Å². The molecule has 0 unspecified atom stereocenters. The Morgan fingerprint density at radius 1 is 1.73 bits per heavy atom. The van der Waals surface area contributed by atoms with E-state index >= 15 is 0 Å². The smallest absolute Gasteiger partial charge is 0.337 e. The fourth-order valence-electron chi connectivity index (χ4n) is 1.27. The second-order valence-electron chi connectivity index (χ2n) is 3.05. The molecular formula is C10H11BrN2O2. The molecule has 0 saturated heterocycles. The Morgan fingerprint density at radius 2 is 2.40 bits per heavy atom. The van der Waals surface area contributed by atoms with Crippen LogP contribution in [0.5, 0.6) is 0 Å². The molecule has 1 aliphatic rings. The van der Waals surface area contributed by atoms with Crippen LogP contribution in [0.15, 0.2) is 22.5 Å². The van der Waals surface area contributed by atoms with E-state index in [9.17, 15) is 4.79 Å². The Bertz CT molecular complexity index is 368. The Morgan fingerprint density at radius 3 is 2.93 bits per heavy atom. The van der Waals surface area contributed by atoms with E-state index in [1.165, 1.54) is 0 Å². The third-order valence-corrected chi connectivity index (χ3v) is 2.56. The highest BCUT2D eigenvalue weighted by atomic mass is 79.9. The Kier molecular flexibility index (Phi) is 3.92. The standard InChI is InChI=1S/C10H11BrN2O2/c1-3-15-10(14)8-5-13(2)6-9(11)7(8)4-12/h5-7H,3H2,1-2H3/t7-/m0/s1. The van der Waals surface area contributed by atoms with E-state index in [0.717, 1.165) is 0 Å². The van der Waals surface area contributed by atoms with Crippen LogP contribution in [0.4, 0.5) is 0 Å². The number of halogens is 1. The maximum absolute atomic E-state index is 11.5. The van der Waals surface area contributed by atoms with Gasteiger partial charge in [0.2, 0.25) is 0 Å². The molecule has 4 nitrogen and oxygen atoms in total. The second-order valence-corrected chi connectivity index (χ2v) is 3.96. The lowest BCUT2D eigenvalue weighted by atomic mass is 9.99. The monoisotopic (exact) mass is 270 g/mol. The largest absolute Gasteiger partial charge is 0.463 e. The highest BCUT2D eigenvalue weighted by Crippen LogP contribution is 2.29. The van der Waals surface area contributed by atoms with Gasteiger partial charge in [-0.05, 0) is 6.92 Å². The minimum Gasteiger partial charge on any atom is -0.463 e. The first-order valence-corrected chi connectivity index (χ1v) is 5.27. The summed E-state index contributed by atoms with van der Waals surface area (Å²) in [5, 5.41) is 8.95. The van der Waals surface area contributed by atoms with Gasteiger partial charge in [0, 0.05) is 23.9 Å². The van der Waals surface area contributed by atoms with Crippen molar-refractivity contribution in [2.75, 3.05) is 13.7 Å². The molecule has 0 bridgehead atoms. The first kappa shape index (κ1) is 11.8. The molecule has 0 saturated carbocycles. The van der Waals surface area contributed by atoms with Crippen molar-refractivity contribution < 1.29 is 9.53 Å². The maximum atomic E-state index is 11.5. The minimum atomic E-state index is -0.569. The number of rotatable bonds is 2. The van der Waals surface area contributed by atoms with Crippen LogP contribution in [0.25, 0.3) is 0 Å². The third kappa shape index (κ3) is 2.60. The second kappa shape index (κ2) is 4.99.